The minimum absolute atomic E-state index is 0.0852. The summed E-state index contributed by atoms with van der Waals surface area (Å²) in [5.41, 5.74) is -6.45. The Morgan fingerprint density at radius 2 is 1.62 bits per heavy atom. The number of hydrogen-bond acceptors (Lipinski definition) is 7. The maximum Gasteiger partial charge on any atom is 0.430 e. The third-order valence-corrected chi connectivity index (χ3v) is 9.04. The number of carbonyl (C=O) groups excluding carboxylic acids is 3. The first-order chi connectivity index (χ1) is 24.9. The lowest BCUT2D eigenvalue weighted by Crippen LogP contribution is -2.56. The zero-order valence-corrected chi connectivity index (χ0v) is 29.4. The van der Waals surface area contributed by atoms with E-state index >= 15 is 0 Å². The second-order valence-electron chi connectivity index (χ2n) is 13.1. The Labute approximate surface area is 302 Å². The molecule has 1 aromatic heterocycles. The quantitative estimate of drug-likeness (QED) is 0.175. The summed E-state index contributed by atoms with van der Waals surface area (Å²) >= 11 is 0. The number of anilines is 1. The van der Waals surface area contributed by atoms with Crippen LogP contribution in [0.3, 0.4) is 0 Å². The Bertz CT molecular complexity index is 1810. The summed E-state index contributed by atoms with van der Waals surface area (Å²) in [7, 11) is 0. The summed E-state index contributed by atoms with van der Waals surface area (Å²) in [6.07, 6.45) is -7.50. The standard InChI is InChI=1S/C37H39F6N5O5/c1-5-9-26-20-27(35(36(38,39)40,37(41,42)43)52-23-25-10-7-6-8-11-25)12-14-29(26)46-16-18-47(19-17-46)31(49)22-48-32(50)34(4,45-33(48)51)30-15-13-28(21-44-30)53-24(2)3/h5-15,20-21,24H,16-19,22-23H2,1-4H3,(H,45,51)/b9-5-. The number of halogens is 6. The fourth-order valence-electron chi connectivity index (χ4n) is 6.34. The molecule has 10 nitrogen and oxygen atoms in total. The number of piperazine rings is 1. The number of nitrogens with zero attached hydrogens (tertiary/aromatic N) is 4. The van der Waals surface area contributed by atoms with Crippen molar-refractivity contribution in [1.29, 1.82) is 0 Å². The molecular weight excluding hydrogens is 708 g/mol. The lowest BCUT2D eigenvalue weighted by molar-refractivity contribution is -0.392. The number of allylic oxidation sites excluding steroid dienone is 1. The molecule has 284 valence electrons. The van der Waals surface area contributed by atoms with Crippen LogP contribution in [0.1, 0.15) is 50.1 Å². The highest BCUT2D eigenvalue weighted by Crippen LogP contribution is 2.54. The number of nitrogens with one attached hydrogen (secondary N) is 1. The number of alkyl halides is 6. The average molecular weight is 748 g/mol. The van der Waals surface area contributed by atoms with Crippen LogP contribution in [0.2, 0.25) is 0 Å². The van der Waals surface area contributed by atoms with Crippen molar-refractivity contribution in [2.75, 3.05) is 37.6 Å². The Morgan fingerprint density at radius 1 is 0.962 bits per heavy atom. The largest absolute Gasteiger partial charge is 0.489 e. The number of carbonyl (C=O) groups is 3. The van der Waals surface area contributed by atoms with Crippen LogP contribution in [0.25, 0.3) is 6.08 Å². The van der Waals surface area contributed by atoms with Gasteiger partial charge in [-0.05, 0) is 63.1 Å². The molecule has 3 heterocycles. The van der Waals surface area contributed by atoms with Crippen LogP contribution in [0.4, 0.5) is 36.8 Å². The molecule has 1 atom stereocenters. The topological polar surface area (TPSA) is 104 Å². The van der Waals surface area contributed by atoms with E-state index in [0.717, 1.165) is 17.0 Å². The molecule has 0 radical (unpaired) electrons. The molecule has 0 saturated carbocycles. The van der Waals surface area contributed by atoms with E-state index in [-0.39, 0.29) is 49.1 Å². The van der Waals surface area contributed by atoms with E-state index in [1.807, 2.05) is 13.8 Å². The van der Waals surface area contributed by atoms with Gasteiger partial charge < -0.3 is 24.6 Å². The number of urea groups is 1. The first kappa shape index (κ1) is 39.1. The number of imide groups is 1. The first-order valence-corrected chi connectivity index (χ1v) is 16.8. The molecule has 16 heteroatoms. The second-order valence-corrected chi connectivity index (χ2v) is 13.1. The Kier molecular flexibility index (Phi) is 11.1. The van der Waals surface area contributed by atoms with Gasteiger partial charge in [-0.2, -0.15) is 26.3 Å². The fourth-order valence-corrected chi connectivity index (χ4v) is 6.34. The molecule has 2 saturated heterocycles. The lowest BCUT2D eigenvalue weighted by atomic mass is 9.89. The van der Waals surface area contributed by atoms with Gasteiger partial charge >= 0.3 is 18.4 Å². The van der Waals surface area contributed by atoms with Crippen molar-refractivity contribution in [2.24, 2.45) is 0 Å². The number of hydrogen-bond donors (Lipinski definition) is 1. The van der Waals surface area contributed by atoms with Crippen molar-refractivity contribution < 1.29 is 50.2 Å². The summed E-state index contributed by atoms with van der Waals surface area (Å²) in [6.45, 7) is 5.79. The number of ether oxygens (including phenoxy) is 2. The Hall–Kier alpha value is -5.12. The van der Waals surface area contributed by atoms with Crippen LogP contribution in [-0.2, 0) is 32.1 Å². The van der Waals surface area contributed by atoms with Crippen molar-refractivity contribution in [3.63, 3.8) is 0 Å². The normalized spacial score (nSPS) is 18.7. The van der Waals surface area contributed by atoms with Crippen LogP contribution in [0.5, 0.6) is 5.75 Å². The van der Waals surface area contributed by atoms with Crippen molar-refractivity contribution in [2.45, 2.75) is 63.9 Å². The van der Waals surface area contributed by atoms with Crippen molar-refractivity contribution in [3.8, 4) is 5.75 Å². The van der Waals surface area contributed by atoms with Crippen molar-refractivity contribution >= 4 is 29.6 Å². The molecule has 1 unspecified atom stereocenters. The number of pyridine rings is 1. The zero-order chi connectivity index (χ0) is 38.8. The first-order valence-electron chi connectivity index (χ1n) is 16.8. The molecule has 4 amide bonds. The van der Waals surface area contributed by atoms with Gasteiger partial charge in [0.2, 0.25) is 5.91 Å². The highest BCUT2D eigenvalue weighted by Gasteiger charge is 2.73. The molecule has 2 fully saturated rings. The zero-order valence-electron chi connectivity index (χ0n) is 29.4. The van der Waals surface area contributed by atoms with E-state index in [0.29, 0.717) is 11.4 Å². The van der Waals surface area contributed by atoms with Crippen LogP contribution < -0.4 is 15.0 Å². The van der Waals surface area contributed by atoms with Gasteiger partial charge in [-0.1, -0.05) is 48.6 Å². The minimum Gasteiger partial charge on any atom is -0.489 e. The van der Waals surface area contributed by atoms with Crippen molar-refractivity contribution in [3.05, 3.63) is 95.3 Å². The fraction of sp³-hybridized carbons (Fsp3) is 0.405. The average Bonchev–Trinajstić information content (AvgIpc) is 3.31. The molecule has 2 aliphatic heterocycles. The van der Waals surface area contributed by atoms with Crippen LogP contribution in [0, 0.1) is 0 Å². The van der Waals surface area contributed by atoms with Gasteiger partial charge in [-0.25, -0.2) is 4.79 Å². The molecule has 0 bridgehead atoms. The van der Waals surface area contributed by atoms with E-state index in [1.54, 1.807) is 30.0 Å². The van der Waals surface area contributed by atoms with Crippen molar-refractivity contribution in [1.82, 2.24) is 20.1 Å². The Morgan fingerprint density at radius 3 is 2.19 bits per heavy atom. The summed E-state index contributed by atoms with van der Waals surface area (Å²) in [5.74, 6) is -0.712. The maximum absolute atomic E-state index is 14.6. The van der Waals surface area contributed by atoms with Crippen LogP contribution in [0.15, 0.2) is 72.9 Å². The molecule has 53 heavy (non-hydrogen) atoms. The maximum atomic E-state index is 14.6. The third kappa shape index (κ3) is 7.82. The number of benzene rings is 2. The lowest BCUT2D eigenvalue weighted by Gasteiger charge is -2.39. The van der Waals surface area contributed by atoms with E-state index in [2.05, 4.69) is 10.3 Å². The minimum atomic E-state index is -5.87. The Balaban J connectivity index is 1.30. The SMILES string of the molecule is C/C=C\c1cc(C(OCc2ccccc2)(C(F)(F)F)C(F)(F)F)ccc1N1CCN(C(=O)CN2C(=O)NC(C)(c3ccc(OC(C)C)cn3)C2=O)CC1. The van der Waals surface area contributed by atoms with Gasteiger partial charge in [0.1, 0.15) is 12.3 Å². The predicted molar refractivity (Wildman–Crippen MR) is 183 cm³/mol. The smallest absolute Gasteiger partial charge is 0.430 e. The molecule has 5 rings (SSSR count). The number of amides is 4. The van der Waals surface area contributed by atoms with Gasteiger partial charge in [-0.15, -0.1) is 0 Å². The molecule has 0 aliphatic carbocycles. The van der Waals surface area contributed by atoms with E-state index < -0.39 is 60.1 Å². The third-order valence-electron chi connectivity index (χ3n) is 9.04. The molecule has 0 spiro atoms. The van der Waals surface area contributed by atoms with Gasteiger partial charge in [0, 0.05) is 37.4 Å². The van der Waals surface area contributed by atoms with Gasteiger partial charge in [0.15, 0.2) is 5.54 Å². The molecular formula is C37H39F6N5O5. The molecule has 2 aromatic carbocycles. The highest BCUT2D eigenvalue weighted by atomic mass is 19.4. The summed E-state index contributed by atoms with van der Waals surface area (Å²) in [4.78, 5) is 47.9. The number of aromatic nitrogens is 1. The monoisotopic (exact) mass is 747 g/mol. The molecule has 3 aromatic rings. The van der Waals surface area contributed by atoms with Crippen LogP contribution >= 0.6 is 0 Å². The van der Waals surface area contributed by atoms with E-state index in [1.165, 1.54) is 60.5 Å². The molecule has 1 N–H and O–H groups in total. The van der Waals surface area contributed by atoms with Gasteiger partial charge in [0.05, 0.1) is 24.6 Å². The second kappa shape index (κ2) is 15.1. The number of rotatable bonds is 11. The van der Waals surface area contributed by atoms with Gasteiger partial charge in [-0.3, -0.25) is 19.5 Å². The summed E-state index contributed by atoms with van der Waals surface area (Å²) < 4.78 is 97.8. The highest BCUT2D eigenvalue weighted by molar-refractivity contribution is 6.09. The summed E-state index contributed by atoms with van der Waals surface area (Å²) in [5, 5.41) is 2.61. The van der Waals surface area contributed by atoms with Gasteiger partial charge in [0.25, 0.3) is 11.5 Å². The van der Waals surface area contributed by atoms with Crippen LogP contribution in [-0.4, -0.2) is 83.8 Å². The van der Waals surface area contributed by atoms with E-state index in [4.69, 9.17) is 9.47 Å². The predicted octanol–water partition coefficient (Wildman–Crippen LogP) is 6.55. The molecule has 2 aliphatic rings. The van der Waals surface area contributed by atoms with E-state index in [9.17, 15) is 40.7 Å². The summed E-state index contributed by atoms with van der Waals surface area (Å²) in [6, 6.07) is 12.5.